The van der Waals surface area contributed by atoms with Gasteiger partial charge in [-0.15, -0.1) is 0 Å². The van der Waals surface area contributed by atoms with Crippen LogP contribution in [0.5, 0.6) is 0 Å². The summed E-state index contributed by atoms with van der Waals surface area (Å²) in [5.74, 6) is 1.32. The van der Waals surface area contributed by atoms with Gasteiger partial charge in [-0.1, -0.05) is 30.3 Å². The van der Waals surface area contributed by atoms with E-state index in [1.807, 2.05) is 30.6 Å². The highest BCUT2D eigenvalue weighted by Crippen LogP contribution is 2.38. The van der Waals surface area contributed by atoms with E-state index in [1.165, 1.54) is 6.07 Å². The van der Waals surface area contributed by atoms with Crippen molar-refractivity contribution in [3.05, 3.63) is 96.8 Å². The molecule has 0 spiro atoms. The molecule has 45 heavy (non-hydrogen) atoms. The zero-order valence-corrected chi connectivity index (χ0v) is 25.1. The summed E-state index contributed by atoms with van der Waals surface area (Å²) in [7, 11) is 0. The third kappa shape index (κ3) is 5.18. The van der Waals surface area contributed by atoms with Crippen LogP contribution in [0.15, 0.2) is 85.5 Å². The van der Waals surface area contributed by atoms with Crippen molar-refractivity contribution >= 4 is 33.6 Å². The average molecular weight is 602 g/mol. The Morgan fingerprint density at radius 3 is 2.42 bits per heavy atom. The van der Waals surface area contributed by atoms with Crippen LogP contribution in [0.3, 0.4) is 0 Å². The third-order valence-electron chi connectivity index (χ3n) is 9.68. The number of hydrogen-bond donors (Lipinski definition) is 1. The summed E-state index contributed by atoms with van der Waals surface area (Å²) in [5, 5.41) is 7.03. The number of nitrogens with two attached hydrogens (primary N) is 1. The Labute approximate surface area is 261 Å². The van der Waals surface area contributed by atoms with E-state index in [-0.39, 0.29) is 11.9 Å². The lowest BCUT2D eigenvalue weighted by molar-refractivity contribution is 0.129. The number of anilines is 2. The number of hydrogen-bond acceptors (Lipinski definition) is 7. The van der Waals surface area contributed by atoms with E-state index in [0.29, 0.717) is 24.0 Å². The summed E-state index contributed by atoms with van der Waals surface area (Å²) in [6.07, 6.45) is 9.77. The maximum Gasteiger partial charge on any atom is 0.164 e. The molecule has 1 saturated heterocycles. The fraction of sp³-hybridized carbons (Fsp3) is 0.314. The maximum absolute atomic E-state index is 14.3. The normalized spacial score (nSPS) is 19.4. The lowest BCUT2D eigenvalue weighted by atomic mass is 9.90. The SMILES string of the molecule is Nc1ncnc2c1c(-c1ccc3c(ccn3Cc3ccccc3F)c1)nn2C1CCC(N2CCN(c3ccccn3)CC2)CC1. The van der Waals surface area contributed by atoms with E-state index < -0.39 is 0 Å². The van der Waals surface area contributed by atoms with Crippen molar-refractivity contribution in [1.82, 2.24) is 34.2 Å². The van der Waals surface area contributed by atoms with Gasteiger partial charge < -0.3 is 15.2 Å². The summed E-state index contributed by atoms with van der Waals surface area (Å²) < 4.78 is 18.5. The fourth-order valence-electron chi connectivity index (χ4n) is 7.27. The number of aromatic nitrogens is 6. The molecule has 2 aromatic carbocycles. The van der Waals surface area contributed by atoms with Crippen molar-refractivity contribution in [2.75, 3.05) is 36.8 Å². The second-order valence-electron chi connectivity index (χ2n) is 12.2. The number of nitrogens with zero attached hydrogens (tertiary/aromatic N) is 8. The highest BCUT2D eigenvalue weighted by atomic mass is 19.1. The predicted molar refractivity (Wildman–Crippen MR) is 175 cm³/mol. The molecule has 5 heterocycles. The van der Waals surface area contributed by atoms with Crippen LogP contribution in [0.2, 0.25) is 0 Å². The van der Waals surface area contributed by atoms with E-state index in [0.717, 1.165) is 90.9 Å². The van der Waals surface area contributed by atoms with Gasteiger partial charge in [-0.05, 0) is 62.1 Å². The minimum absolute atomic E-state index is 0.194. The standard InChI is InChI=1S/C35H36FN9/c36-29-6-2-1-5-26(29)22-44-16-14-24-21-25(8-13-30(24)44)33-32-34(37)39-23-40-35(32)45(41-33)28-11-9-27(10-12-28)42-17-19-43(20-18-42)31-7-3-4-15-38-31/h1-8,13-16,21,23,27-28H,9-12,17-20,22H2,(H2,37,39,40). The molecule has 0 amide bonds. The molecule has 10 heteroatoms. The molecule has 2 aliphatic rings. The molecular weight excluding hydrogens is 565 g/mol. The minimum atomic E-state index is -0.194. The lowest BCUT2D eigenvalue weighted by Crippen LogP contribution is -2.51. The van der Waals surface area contributed by atoms with Crippen LogP contribution in [0.4, 0.5) is 16.0 Å². The Kier molecular flexibility index (Phi) is 7.13. The molecule has 0 radical (unpaired) electrons. The first-order valence-electron chi connectivity index (χ1n) is 15.8. The van der Waals surface area contributed by atoms with Gasteiger partial charge in [0.2, 0.25) is 0 Å². The number of piperazine rings is 1. The number of fused-ring (bicyclic) bond motifs is 2. The Morgan fingerprint density at radius 1 is 0.822 bits per heavy atom. The van der Waals surface area contributed by atoms with Gasteiger partial charge in [0.1, 0.15) is 29.5 Å². The monoisotopic (exact) mass is 601 g/mol. The Morgan fingerprint density at radius 2 is 1.62 bits per heavy atom. The van der Waals surface area contributed by atoms with Crippen LogP contribution in [-0.2, 0) is 6.54 Å². The highest BCUT2D eigenvalue weighted by molar-refractivity contribution is 6.00. The minimum Gasteiger partial charge on any atom is -0.383 e. The van der Waals surface area contributed by atoms with Gasteiger partial charge in [0.05, 0.1) is 18.0 Å². The topological polar surface area (TPSA) is 93.9 Å². The molecule has 4 aromatic heterocycles. The van der Waals surface area contributed by atoms with Gasteiger partial charge in [-0.3, -0.25) is 4.90 Å². The summed E-state index contributed by atoms with van der Waals surface area (Å²) in [4.78, 5) is 18.6. The molecule has 1 aliphatic heterocycles. The van der Waals surface area contributed by atoms with Crippen LogP contribution in [0.25, 0.3) is 33.2 Å². The smallest absolute Gasteiger partial charge is 0.164 e. The van der Waals surface area contributed by atoms with E-state index in [9.17, 15) is 4.39 Å². The van der Waals surface area contributed by atoms with Gasteiger partial charge in [0.25, 0.3) is 0 Å². The fourth-order valence-corrected chi connectivity index (χ4v) is 7.27. The van der Waals surface area contributed by atoms with Crippen LogP contribution in [-0.4, -0.2) is 66.4 Å². The molecule has 6 aromatic rings. The predicted octanol–water partition coefficient (Wildman–Crippen LogP) is 5.92. The highest BCUT2D eigenvalue weighted by Gasteiger charge is 2.31. The zero-order chi connectivity index (χ0) is 30.3. The van der Waals surface area contributed by atoms with E-state index in [4.69, 9.17) is 10.8 Å². The molecule has 2 N–H and O–H groups in total. The zero-order valence-electron chi connectivity index (χ0n) is 25.1. The molecule has 1 aliphatic carbocycles. The summed E-state index contributed by atoms with van der Waals surface area (Å²) in [5.41, 5.74) is 10.7. The lowest BCUT2D eigenvalue weighted by Gasteiger charge is -2.42. The molecular formula is C35H36FN9. The maximum atomic E-state index is 14.3. The van der Waals surface area contributed by atoms with Gasteiger partial charge in [0.15, 0.2) is 5.65 Å². The first kappa shape index (κ1) is 27.7. The molecule has 0 bridgehead atoms. The van der Waals surface area contributed by atoms with Crippen molar-refractivity contribution < 1.29 is 4.39 Å². The number of benzene rings is 2. The van der Waals surface area contributed by atoms with Crippen molar-refractivity contribution in [3.63, 3.8) is 0 Å². The number of rotatable bonds is 6. The second kappa shape index (κ2) is 11.6. The Hall–Kier alpha value is -4.83. The van der Waals surface area contributed by atoms with E-state index in [2.05, 4.69) is 70.4 Å². The molecule has 9 nitrogen and oxygen atoms in total. The summed E-state index contributed by atoms with van der Waals surface area (Å²) in [6, 6.07) is 22.2. The molecule has 8 rings (SSSR count). The molecule has 0 atom stereocenters. The van der Waals surface area contributed by atoms with Gasteiger partial charge >= 0.3 is 0 Å². The Bertz CT molecular complexity index is 1950. The number of halogens is 1. The molecule has 0 unspecified atom stereocenters. The first-order valence-corrected chi connectivity index (χ1v) is 15.8. The van der Waals surface area contributed by atoms with E-state index >= 15 is 0 Å². The van der Waals surface area contributed by atoms with Crippen LogP contribution in [0, 0.1) is 5.82 Å². The van der Waals surface area contributed by atoms with Gasteiger partial charge in [-0.25, -0.2) is 24.0 Å². The van der Waals surface area contributed by atoms with Crippen LogP contribution in [0.1, 0.15) is 37.3 Å². The first-order chi connectivity index (χ1) is 22.1. The average Bonchev–Trinajstić information content (AvgIpc) is 3.68. The van der Waals surface area contributed by atoms with Crippen molar-refractivity contribution in [3.8, 4) is 11.3 Å². The molecule has 2 fully saturated rings. The number of pyridine rings is 1. The largest absolute Gasteiger partial charge is 0.383 e. The second-order valence-corrected chi connectivity index (χ2v) is 12.2. The summed E-state index contributed by atoms with van der Waals surface area (Å²) >= 11 is 0. The summed E-state index contributed by atoms with van der Waals surface area (Å²) in [6.45, 7) is 4.62. The third-order valence-corrected chi connectivity index (χ3v) is 9.68. The van der Waals surface area contributed by atoms with Crippen molar-refractivity contribution in [1.29, 1.82) is 0 Å². The van der Waals surface area contributed by atoms with Crippen molar-refractivity contribution in [2.45, 2.75) is 44.3 Å². The number of nitrogen functional groups attached to an aromatic ring is 1. The van der Waals surface area contributed by atoms with Crippen molar-refractivity contribution in [2.24, 2.45) is 0 Å². The Balaban J connectivity index is 1.01. The van der Waals surface area contributed by atoms with Crippen LogP contribution >= 0.6 is 0 Å². The van der Waals surface area contributed by atoms with Gasteiger partial charge in [-0.2, -0.15) is 5.10 Å². The van der Waals surface area contributed by atoms with Crippen LogP contribution < -0.4 is 10.6 Å². The molecule has 228 valence electrons. The molecule has 1 saturated carbocycles. The van der Waals surface area contributed by atoms with E-state index in [1.54, 1.807) is 12.4 Å². The quantitative estimate of drug-likeness (QED) is 0.253. The van der Waals surface area contributed by atoms with Gasteiger partial charge in [0, 0.05) is 66.6 Å².